The van der Waals surface area contributed by atoms with E-state index in [1.165, 1.54) is 4.90 Å². The molecule has 0 unspecified atom stereocenters. The number of benzene rings is 1. The predicted molar refractivity (Wildman–Crippen MR) is 100 cm³/mol. The normalized spacial score (nSPS) is 10.7. The minimum atomic E-state index is 0.0669. The Balaban J connectivity index is 1.46. The Hall–Kier alpha value is -2.05. The van der Waals surface area contributed by atoms with E-state index in [0.717, 1.165) is 22.0 Å². The van der Waals surface area contributed by atoms with E-state index >= 15 is 0 Å². The number of nitrogens with one attached hydrogen (secondary N) is 1. The maximum absolute atomic E-state index is 12.0. The summed E-state index contributed by atoms with van der Waals surface area (Å²) in [5, 5.41) is 9.52. The third-order valence-corrected chi connectivity index (χ3v) is 5.46. The van der Waals surface area contributed by atoms with Gasteiger partial charge in [0, 0.05) is 24.1 Å². The number of hydrogen-bond acceptors (Lipinski definition) is 4. The highest BCUT2D eigenvalue weighted by Gasteiger charge is 2.09. The van der Waals surface area contributed by atoms with Gasteiger partial charge in [-0.3, -0.25) is 9.48 Å². The summed E-state index contributed by atoms with van der Waals surface area (Å²) in [5.41, 5.74) is 1.96. The molecule has 2 heterocycles. The van der Waals surface area contributed by atoms with Crippen LogP contribution in [0.4, 0.5) is 0 Å². The molecule has 3 rings (SSSR count). The Morgan fingerprint density at radius 1 is 1.25 bits per heavy atom. The minimum Gasteiger partial charge on any atom is -0.350 e. The Labute approximate surface area is 149 Å². The quantitative estimate of drug-likeness (QED) is 0.651. The molecule has 6 heteroatoms. The number of amides is 1. The Bertz CT molecular complexity index is 782. The third-order valence-electron chi connectivity index (χ3n) is 3.56. The molecule has 0 saturated heterocycles. The largest absolute Gasteiger partial charge is 0.350 e. The molecule has 2 aromatic heterocycles. The summed E-state index contributed by atoms with van der Waals surface area (Å²) in [5.74, 6) is 0.846. The minimum absolute atomic E-state index is 0.0669. The fourth-order valence-corrected chi connectivity index (χ4v) is 3.83. The summed E-state index contributed by atoms with van der Waals surface area (Å²) in [6.45, 7) is 0.504. The molecule has 0 fully saturated rings. The van der Waals surface area contributed by atoms with E-state index in [2.05, 4.69) is 28.6 Å². The highest BCUT2D eigenvalue weighted by Crippen LogP contribution is 2.23. The highest BCUT2D eigenvalue weighted by molar-refractivity contribution is 7.99. The summed E-state index contributed by atoms with van der Waals surface area (Å²) in [4.78, 5) is 14.3. The standard InChI is InChI=1S/C18H19N3OS2/c1-21-14(12-16(20-21)17-8-5-10-24-17)13-19-18(22)9-11-23-15-6-3-2-4-7-15/h2-8,10,12H,9,11,13H2,1H3,(H,19,22). The van der Waals surface area contributed by atoms with Crippen molar-refractivity contribution in [3.8, 4) is 10.6 Å². The van der Waals surface area contributed by atoms with Crippen molar-refractivity contribution in [2.45, 2.75) is 17.9 Å². The van der Waals surface area contributed by atoms with Crippen LogP contribution in [0, 0.1) is 0 Å². The molecular weight excluding hydrogens is 338 g/mol. The van der Waals surface area contributed by atoms with Gasteiger partial charge in [0.1, 0.15) is 5.69 Å². The lowest BCUT2D eigenvalue weighted by molar-refractivity contribution is -0.120. The molecule has 0 aliphatic heterocycles. The number of carbonyl (C=O) groups is 1. The second-order valence-electron chi connectivity index (χ2n) is 5.31. The van der Waals surface area contributed by atoms with E-state index in [1.807, 2.05) is 47.4 Å². The molecule has 1 amide bonds. The van der Waals surface area contributed by atoms with Gasteiger partial charge in [-0.2, -0.15) is 5.10 Å². The molecule has 24 heavy (non-hydrogen) atoms. The lowest BCUT2D eigenvalue weighted by Gasteiger charge is -2.05. The third kappa shape index (κ3) is 4.49. The van der Waals surface area contributed by atoms with Gasteiger partial charge in [-0.1, -0.05) is 24.3 Å². The van der Waals surface area contributed by atoms with Crippen LogP contribution in [0.3, 0.4) is 0 Å². The number of carbonyl (C=O) groups excluding carboxylic acids is 1. The molecular formula is C18H19N3OS2. The number of thiophene rings is 1. The molecule has 0 radical (unpaired) electrons. The van der Waals surface area contributed by atoms with Gasteiger partial charge < -0.3 is 5.32 Å². The maximum atomic E-state index is 12.0. The zero-order chi connectivity index (χ0) is 16.8. The van der Waals surface area contributed by atoms with E-state index in [4.69, 9.17) is 0 Å². The van der Waals surface area contributed by atoms with Gasteiger partial charge in [-0.25, -0.2) is 0 Å². The van der Waals surface area contributed by atoms with Gasteiger partial charge in [0.25, 0.3) is 0 Å². The first kappa shape index (κ1) is 16.8. The molecule has 0 atom stereocenters. The zero-order valence-corrected chi connectivity index (χ0v) is 15.1. The van der Waals surface area contributed by atoms with Gasteiger partial charge in [0.2, 0.25) is 5.91 Å². The van der Waals surface area contributed by atoms with Crippen LogP contribution < -0.4 is 5.32 Å². The Kier molecular flexibility index (Phi) is 5.72. The Morgan fingerprint density at radius 3 is 2.83 bits per heavy atom. The highest BCUT2D eigenvalue weighted by atomic mass is 32.2. The first-order valence-corrected chi connectivity index (χ1v) is 9.60. The van der Waals surface area contributed by atoms with Crippen LogP contribution in [0.2, 0.25) is 0 Å². The van der Waals surface area contributed by atoms with Crippen LogP contribution in [0.5, 0.6) is 0 Å². The smallest absolute Gasteiger partial charge is 0.221 e. The van der Waals surface area contributed by atoms with Crippen molar-refractivity contribution in [2.24, 2.45) is 7.05 Å². The number of rotatable bonds is 7. The van der Waals surface area contributed by atoms with Crippen molar-refractivity contribution < 1.29 is 4.79 Å². The van der Waals surface area contributed by atoms with E-state index in [0.29, 0.717) is 13.0 Å². The van der Waals surface area contributed by atoms with Crippen LogP contribution in [-0.2, 0) is 18.4 Å². The maximum Gasteiger partial charge on any atom is 0.221 e. The lowest BCUT2D eigenvalue weighted by atomic mass is 10.3. The van der Waals surface area contributed by atoms with Crippen molar-refractivity contribution >= 4 is 29.0 Å². The van der Waals surface area contributed by atoms with Gasteiger partial charge in [0.15, 0.2) is 0 Å². The van der Waals surface area contributed by atoms with Crippen molar-refractivity contribution in [3.05, 3.63) is 59.6 Å². The van der Waals surface area contributed by atoms with E-state index in [1.54, 1.807) is 23.1 Å². The first-order chi connectivity index (χ1) is 11.7. The Morgan fingerprint density at radius 2 is 2.08 bits per heavy atom. The van der Waals surface area contributed by atoms with Crippen molar-refractivity contribution in [1.29, 1.82) is 0 Å². The molecule has 1 N–H and O–H groups in total. The average molecular weight is 358 g/mol. The molecule has 3 aromatic rings. The molecule has 124 valence electrons. The average Bonchev–Trinajstić information content (AvgIpc) is 3.23. The predicted octanol–water partition coefficient (Wildman–Crippen LogP) is 3.95. The van der Waals surface area contributed by atoms with Crippen molar-refractivity contribution in [1.82, 2.24) is 15.1 Å². The summed E-state index contributed by atoms with van der Waals surface area (Å²) in [6, 6.07) is 16.2. The van der Waals surface area contributed by atoms with Gasteiger partial charge in [0.05, 0.1) is 17.1 Å². The second-order valence-corrected chi connectivity index (χ2v) is 7.43. The summed E-state index contributed by atoms with van der Waals surface area (Å²) < 4.78 is 1.83. The van der Waals surface area contributed by atoms with Crippen LogP contribution >= 0.6 is 23.1 Å². The van der Waals surface area contributed by atoms with E-state index < -0.39 is 0 Å². The SMILES string of the molecule is Cn1nc(-c2cccs2)cc1CNC(=O)CCSc1ccccc1. The number of aryl methyl sites for hydroxylation is 1. The molecule has 4 nitrogen and oxygen atoms in total. The number of aromatic nitrogens is 2. The van der Waals surface area contributed by atoms with E-state index in [-0.39, 0.29) is 5.91 Å². The lowest BCUT2D eigenvalue weighted by Crippen LogP contribution is -2.24. The van der Waals surface area contributed by atoms with Gasteiger partial charge in [-0.15, -0.1) is 23.1 Å². The van der Waals surface area contributed by atoms with Gasteiger partial charge in [-0.05, 0) is 29.6 Å². The van der Waals surface area contributed by atoms with Gasteiger partial charge >= 0.3 is 0 Å². The molecule has 0 spiro atoms. The van der Waals surface area contributed by atoms with Crippen molar-refractivity contribution in [2.75, 3.05) is 5.75 Å². The van der Waals surface area contributed by atoms with Crippen LogP contribution in [0.25, 0.3) is 10.6 Å². The first-order valence-electron chi connectivity index (χ1n) is 7.74. The molecule has 0 aliphatic rings. The topological polar surface area (TPSA) is 46.9 Å². The van der Waals surface area contributed by atoms with Crippen molar-refractivity contribution in [3.63, 3.8) is 0 Å². The number of thioether (sulfide) groups is 1. The summed E-state index contributed by atoms with van der Waals surface area (Å²) >= 11 is 3.36. The fourth-order valence-electron chi connectivity index (χ4n) is 2.27. The fraction of sp³-hybridized carbons (Fsp3) is 0.222. The second kappa shape index (κ2) is 8.17. The molecule has 0 aliphatic carbocycles. The zero-order valence-electron chi connectivity index (χ0n) is 13.4. The number of nitrogens with zero attached hydrogens (tertiary/aromatic N) is 2. The monoisotopic (exact) mass is 357 g/mol. The molecule has 1 aromatic carbocycles. The molecule has 0 bridgehead atoms. The van der Waals surface area contributed by atoms with Crippen LogP contribution in [0.15, 0.2) is 58.8 Å². The van der Waals surface area contributed by atoms with Crippen LogP contribution in [0.1, 0.15) is 12.1 Å². The number of hydrogen-bond donors (Lipinski definition) is 1. The summed E-state index contributed by atoms with van der Waals surface area (Å²) in [7, 11) is 1.91. The summed E-state index contributed by atoms with van der Waals surface area (Å²) in [6.07, 6.45) is 0.509. The molecule has 0 saturated carbocycles. The van der Waals surface area contributed by atoms with Crippen LogP contribution in [-0.4, -0.2) is 21.4 Å². The van der Waals surface area contributed by atoms with E-state index in [9.17, 15) is 4.79 Å².